The zero-order valence-electron chi connectivity index (χ0n) is 9.27. The fraction of sp³-hybridized carbons (Fsp3) is 0.500. The van der Waals surface area contributed by atoms with E-state index in [0.717, 1.165) is 13.1 Å². The molecule has 2 nitrogen and oxygen atoms in total. The van der Waals surface area contributed by atoms with Crippen LogP contribution in [0.4, 0.5) is 10.0 Å². The van der Waals surface area contributed by atoms with E-state index in [2.05, 4.69) is 24.5 Å². The first kappa shape index (κ1) is 14.0. The summed E-state index contributed by atoms with van der Waals surface area (Å²) in [5.41, 5.74) is 0. The van der Waals surface area contributed by atoms with Crippen LogP contribution in [0.25, 0.3) is 9.40 Å². The fourth-order valence-electron chi connectivity index (χ4n) is 1.22. The maximum Gasteiger partial charge on any atom is 0.110 e. The molecule has 0 spiro atoms. The Morgan fingerprint density at radius 2 is 1.24 bits per heavy atom. The van der Waals surface area contributed by atoms with E-state index in [1.807, 2.05) is 69.4 Å². The third-order valence-electron chi connectivity index (χ3n) is 1.82. The largest absolute Gasteiger partial charge is 0.376 e. The van der Waals surface area contributed by atoms with Crippen molar-refractivity contribution in [2.24, 2.45) is 0 Å². The molecule has 2 heterocycles. The number of thiophene rings is 1. The summed E-state index contributed by atoms with van der Waals surface area (Å²) >= 11 is 1.83. The van der Waals surface area contributed by atoms with Gasteiger partial charge in [0.15, 0.2) is 0 Å². The van der Waals surface area contributed by atoms with Gasteiger partial charge in [0.2, 0.25) is 0 Å². The van der Waals surface area contributed by atoms with Gasteiger partial charge in [-0.1, -0.05) is 32.0 Å². The summed E-state index contributed by atoms with van der Waals surface area (Å²) in [6.45, 7) is 6.24. The van der Waals surface area contributed by atoms with Gasteiger partial charge in [0.05, 0.1) is 9.40 Å². The van der Waals surface area contributed by atoms with Gasteiger partial charge in [-0.25, -0.2) is 0 Å². The molecule has 2 N–H and O–H groups in total. The van der Waals surface area contributed by atoms with E-state index in [4.69, 9.17) is 0 Å². The van der Waals surface area contributed by atoms with E-state index in [1.165, 1.54) is 19.4 Å². The Morgan fingerprint density at radius 3 is 1.65 bits per heavy atom. The highest BCUT2D eigenvalue weighted by Crippen LogP contribution is 2.45. The predicted octanol–water partition coefficient (Wildman–Crippen LogP) is 6.38. The van der Waals surface area contributed by atoms with E-state index < -0.39 is 0 Å². The minimum Gasteiger partial charge on any atom is -0.376 e. The van der Waals surface area contributed by atoms with Gasteiger partial charge in [0.1, 0.15) is 10.0 Å². The predicted molar refractivity (Wildman–Crippen MR) is 92.7 cm³/mol. The van der Waals surface area contributed by atoms with Crippen molar-refractivity contribution in [3.8, 4) is 0 Å². The summed E-state index contributed by atoms with van der Waals surface area (Å²) in [7, 11) is 11.1. The second kappa shape index (κ2) is 7.27. The molecular formula is C8H12N2S7. The maximum absolute atomic E-state index is 3.47. The molecule has 2 aromatic rings. The first-order valence-electron chi connectivity index (χ1n) is 5.02. The highest BCUT2D eigenvalue weighted by Gasteiger charge is 2.10. The monoisotopic (exact) mass is 360 g/mol. The lowest BCUT2D eigenvalue weighted by atomic mass is 10.5. The van der Waals surface area contributed by atoms with Gasteiger partial charge in [-0.2, -0.15) is 0 Å². The smallest absolute Gasteiger partial charge is 0.110 e. The van der Waals surface area contributed by atoms with Crippen LogP contribution in [0.15, 0.2) is 0 Å². The zero-order valence-corrected chi connectivity index (χ0v) is 15.0. The van der Waals surface area contributed by atoms with Crippen molar-refractivity contribution in [2.45, 2.75) is 13.8 Å². The van der Waals surface area contributed by atoms with Crippen LogP contribution in [0.3, 0.4) is 0 Å². The summed E-state index contributed by atoms with van der Waals surface area (Å²) in [4.78, 5) is 0. The SMILES string of the molecule is CCNc1sc(NCC)c2ssssssc12. The Balaban J connectivity index is 2.63. The minimum absolute atomic E-state index is 0.976. The van der Waals surface area contributed by atoms with Crippen molar-refractivity contribution in [1.82, 2.24) is 0 Å². The Labute approximate surface area is 125 Å². The number of rotatable bonds is 4. The lowest BCUT2D eigenvalue weighted by molar-refractivity contribution is 1.23. The van der Waals surface area contributed by atoms with Crippen LogP contribution in [0, 0.1) is 0 Å². The van der Waals surface area contributed by atoms with Gasteiger partial charge < -0.3 is 10.6 Å². The summed E-state index contributed by atoms with van der Waals surface area (Å²) < 4.78 is 2.78. The molecule has 0 unspecified atom stereocenters. The second-order valence-electron chi connectivity index (χ2n) is 2.92. The molecule has 0 atom stereocenters. The Morgan fingerprint density at radius 1 is 0.765 bits per heavy atom. The third kappa shape index (κ3) is 3.55. The summed E-state index contributed by atoms with van der Waals surface area (Å²) in [6.07, 6.45) is 0. The molecule has 2 aromatic heterocycles. The van der Waals surface area contributed by atoms with E-state index in [9.17, 15) is 0 Å². The molecule has 0 saturated carbocycles. The van der Waals surface area contributed by atoms with Crippen LogP contribution in [-0.2, 0) is 0 Å². The second-order valence-corrected chi connectivity index (χ2v) is 13.2. The van der Waals surface area contributed by atoms with Crippen LogP contribution >= 0.6 is 69.4 Å². The molecule has 0 bridgehead atoms. The third-order valence-corrected chi connectivity index (χ3v) is 13.9. The molecule has 0 radical (unpaired) electrons. The van der Waals surface area contributed by atoms with E-state index in [1.54, 1.807) is 0 Å². The van der Waals surface area contributed by atoms with Crippen LogP contribution in [0.5, 0.6) is 0 Å². The van der Waals surface area contributed by atoms with Gasteiger partial charge in [-0.3, -0.25) is 0 Å². The molecule has 17 heavy (non-hydrogen) atoms. The first-order valence-corrected chi connectivity index (χ1v) is 13.3. The molecule has 0 amide bonds. The van der Waals surface area contributed by atoms with Crippen LogP contribution in [0.1, 0.15) is 13.8 Å². The number of hydrogen-bond acceptors (Lipinski definition) is 9. The minimum atomic E-state index is 0.976. The molecular weight excluding hydrogens is 349 g/mol. The molecule has 96 valence electrons. The van der Waals surface area contributed by atoms with Crippen LogP contribution in [0.2, 0.25) is 0 Å². The van der Waals surface area contributed by atoms with Crippen molar-refractivity contribution < 1.29 is 0 Å². The van der Waals surface area contributed by atoms with Gasteiger partial charge in [-0.15, -0.1) is 0 Å². The number of nitrogens with one attached hydrogen (secondary N) is 2. The van der Waals surface area contributed by atoms with Crippen molar-refractivity contribution in [3.05, 3.63) is 0 Å². The maximum atomic E-state index is 3.47. The Hall–Kier alpha value is 0.620. The molecule has 0 saturated heterocycles. The van der Waals surface area contributed by atoms with Crippen molar-refractivity contribution >= 4 is 88.8 Å². The van der Waals surface area contributed by atoms with E-state index in [0.29, 0.717) is 0 Å². The quantitative estimate of drug-likeness (QED) is 0.618. The average molecular weight is 361 g/mol. The van der Waals surface area contributed by atoms with E-state index >= 15 is 0 Å². The molecule has 0 aromatic carbocycles. The van der Waals surface area contributed by atoms with Gasteiger partial charge in [0, 0.05) is 13.1 Å². The van der Waals surface area contributed by atoms with Crippen LogP contribution < -0.4 is 10.6 Å². The van der Waals surface area contributed by atoms with Crippen molar-refractivity contribution in [3.63, 3.8) is 0 Å². The lowest BCUT2D eigenvalue weighted by Gasteiger charge is -1.97. The first-order chi connectivity index (χ1) is 8.36. The lowest BCUT2D eigenvalue weighted by Crippen LogP contribution is -1.93. The normalized spacial score (nSPS) is 10.2. The fourth-order valence-corrected chi connectivity index (χ4v) is 14.9. The molecule has 0 aliphatic rings. The highest BCUT2D eigenvalue weighted by atomic mass is 33.5. The molecule has 9 heteroatoms. The molecule has 0 aliphatic heterocycles. The summed E-state index contributed by atoms with van der Waals surface area (Å²) in [5.74, 6) is 0. The number of hydrogen-bond donors (Lipinski definition) is 2. The number of anilines is 2. The van der Waals surface area contributed by atoms with Gasteiger partial charge in [0.25, 0.3) is 0 Å². The Bertz CT molecular complexity index is 482. The van der Waals surface area contributed by atoms with Gasteiger partial charge in [-0.05, 0) is 51.2 Å². The Kier molecular flexibility index (Phi) is 6.00. The average Bonchev–Trinajstić information content (AvgIpc) is 2.56. The zero-order chi connectivity index (χ0) is 12.1. The number of fused-ring (bicyclic) bond motifs is 1. The summed E-state index contributed by atoms with van der Waals surface area (Å²) in [6, 6.07) is 0. The van der Waals surface area contributed by atoms with E-state index in [-0.39, 0.29) is 0 Å². The molecule has 0 fully saturated rings. The highest BCUT2D eigenvalue weighted by molar-refractivity contribution is 8.20. The summed E-state index contributed by atoms with van der Waals surface area (Å²) in [5, 5.41) is 9.54. The standard InChI is InChI=1S/C8H12N2S7/c1-3-9-7-5-6(8(11-7)10-4-2)13-15-17-16-14-12-5/h9-10H,3-4H2,1-2H3. The van der Waals surface area contributed by atoms with Crippen LogP contribution in [-0.4, -0.2) is 13.1 Å². The van der Waals surface area contributed by atoms with Gasteiger partial charge >= 0.3 is 0 Å². The van der Waals surface area contributed by atoms with Crippen molar-refractivity contribution in [2.75, 3.05) is 23.7 Å². The topological polar surface area (TPSA) is 24.1 Å². The molecule has 2 rings (SSSR count). The van der Waals surface area contributed by atoms with Crippen molar-refractivity contribution in [1.29, 1.82) is 0 Å². The molecule has 0 aliphatic carbocycles.